The maximum absolute atomic E-state index is 3.62. The summed E-state index contributed by atoms with van der Waals surface area (Å²) in [6.45, 7) is 3.43. The Labute approximate surface area is 101 Å². The van der Waals surface area contributed by atoms with Gasteiger partial charge >= 0.3 is 0 Å². The fraction of sp³-hybridized carbons (Fsp3) is 0.538. The Hall–Kier alpha value is -0.670. The Morgan fingerprint density at radius 1 is 1.44 bits per heavy atom. The lowest BCUT2D eigenvalue weighted by Crippen LogP contribution is -2.21. The third-order valence-corrected chi connectivity index (χ3v) is 4.92. The number of hydrogen-bond donors (Lipinski definition) is 1. The monoisotopic (exact) mass is 234 g/mol. The van der Waals surface area contributed by atoms with Crippen LogP contribution in [0.25, 0.3) is 0 Å². The lowest BCUT2D eigenvalue weighted by atomic mass is 10.1. The minimum atomic E-state index is 0.506. The van der Waals surface area contributed by atoms with Crippen molar-refractivity contribution in [2.75, 3.05) is 24.2 Å². The summed E-state index contributed by atoms with van der Waals surface area (Å²) >= 11 is 2.03. The van der Waals surface area contributed by atoms with E-state index in [1.807, 2.05) is 11.8 Å². The van der Waals surface area contributed by atoms with Gasteiger partial charge in [0.15, 0.2) is 0 Å². The zero-order valence-electron chi connectivity index (χ0n) is 9.86. The smallest absolute Gasteiger partial charge is 0.0792 e. The van der Waals surface area contributed by atoms with Gasteiger partial charge in [-0.05, 0) is 30.5 Å². The third-order valence-electron chi connectivity index (χ3n) is 3.48. The molecule has 3 rings (SSSR count). The van der Waals surface area contributed by atoms with Gasteiger partial charge in [-0.3, -0.25) is 5.32 Å². The first-order chi connectivity index (χ1) is 7.74. The van der Waals surface area contributed by atoms with Crippen LogP contribution < -0.4 is 10.2 Å². The first-order valence-corrected chi connectivity index (χ1v) is 7.00. The van der Waals surface area contributed by atoms with Crippen molar-refractivity contribution >= 4 is 17.4 Å². The summed E-state index contributed by atoms with van der Waals surface area (Å²) in [6.07, 6.45) is 1.20. The van der Waals surface area contributed by atoms with E-state index in [2.05, 4.69) is 42.4 Å². The number of nitrogens with one attached hydrogen (secondary N) is 1. The number of benzene rings is 1. The average molecular weight is 234 g/mol. The van der Waals surface area contributed by atoms with Crippen LogP contribution in [-0.4, -0.2) is 25.4 Å². The number of likely N-dealkylation sites (N-methyl/N-ethyl adjacent to an activating group) is 1. The molecular weight excluding hydrogens is 216 g/mol. The zero-order chi connectivity index (χ0) is 11.1. The van der Waals surface area contributed by atoms with E-state index in [1.54, 1.807) is 0 Å². The van der Waals surface area contributed by atoms with Crippen LogP contribution in [0.5, 0.6) is 0 Å². The van der Waals surface area contributed by atoms with E-state index in [9.17, 15) is 0 Å². The van der Waals surface area contributed by atoms with Crippen molar-refractivity contribution in [1.29, 1.82) is 0 Å². The van der Waals surface area contributed by atoms with Gasteiger partial charge in [-0.1, -0.05) is 12.1 Å². The fourth-order valence-electron chi connectivity index (χ4n) is 2.54. The summed E-state index contributed by atoms with van der Waals surface area (Å²) in [5, 5.41) is 4.13. The summed E-state index contributed by atoms with van der Waals surface area (Å²) in [5.41, 5.74) is 4.38. The van der Waals surface area contributed by atoms with Crippen molar-refractivity contribution in [2.45, 2.75) is 24.8 Å². The number of anilines is 1. The third kappa shape index (κ3) is 1.72. The molecule has 2 atom stereocenters. The minimum absolute atomic E-state index is 0.506. The van der Waals surface area contributed by atoms with Crippen LogP contribution in [0.15, 0.2) is 18.2 Å². The number of hydrogen-bond acceptors (Lipinski definition) is 3. The highest BCUT2D eigenvalue weighted by Gasteiger charge is 2.24. The highest BCUT2D eigenvalue weighted by Crippen LogP contribution is 2.36. The van der Waals surface area contributed by atoms with Crippen LogP contribution in [0.3, 0.4) is 0 Å². The van der Waals surface area contributed by atoms with Crippen LogP contribution in [0, 0.1) is 0 Å². The van der Waals surface area contributed by atoms with Crippen molar-refractivity contribution in [1.82, 2.24) is 5.32 Å². The van der Waals surface area contributed by atoms with E-state index in [0.29, 0.717) is 11.4 Å². The molecule has 0 spiro atoms. The summed E-state index contributed by atoms with van der Waals surface area (Å²) < 4.78 is 0. The molecule has 1 N–H and O–H groups in total. The maximum atomic E-state index is 3.62. The molecule has 2 unspecified atom stereocenters. The number of fused-ring (bicyclic) bond motifs is 1. The molecule has 1 aromatic carbocycles. The summed E-state index contributed by atoms with van der Waals surface area (Å²) in [6, 6.07) is 7.60. The van der Waals surface area contributed by atoms with E-state index in [-0.39, 0.29) is 0 Å². The van der Waals surface area contributed by atoms with Gasteiger partial charge in [0.2, 0.25) is 0 Å². The SMILES string of the molecule is CC1CSC(c2ccc3c(c2)CCN3C)N1. The molecule has 1 saturated heterocycles. The van der Waals surface area contributed by atoms with Crippen molar-refractivity contribution < 1.29 is 0 Å². The fourth-order valence-corrected chi connectivity index (χ4v) is 3.78. The van der Waals surface area contributed by atoms with Crippen molar-refractivity contribution in [3.63, 3.8) is 0 Å². The van der Waals surface area contributed by atoms with Gasteiger partial charge in [0.05, 0.1) is 5.37 Å². The molecule has 1 aromatic rings. The Kier molecular flexibility index (Phi) is 2.60. The van der Waals surface area contributed by atoms with Crippen LogP contribution in [0.4, 0.5) is 5.69 Å². The molecule has 0 amide bonds. The minimum Gasteiger partial charge on any atom is -0.374 e. The molecule has 2 aliphatic rings. The van der Waals surface area contributed by atoms with Crippen molar-refractivity contribution in [3.8, 4) is 0 Å². The first-order valence-electron chi connectivity index (χ1n) is 5.95. The number of nitrogens with zero attached hydrogens (tertiary/aromatic N) is 1. The molecular formula is C13H18N2S. The second-order valence-electron chi connectivity index (χ2n) is 4.84. The second-order valence-corrected chi connectivity index (χ2v) is 5.98. The molecule has 0 bridgehead atoms. The molecule has 2 aliphatic heterocycles. The van der Waals surface area contributed by atoms with E-state index in [4.69, 9.17) is 0 Å². The van der Waals surface area contributed by atoms with Crippen LogP contribution in [0.1, 0.15) is 23.4 Å². The normalized spacial score (nSPS) is 28.5. The Morgan fingerprint density at radius 2 is 2.31 bits per heavy atom. The highest BCUT2D eigenvalue weighted by atomic mass is 32.2. The van der Waals surface area contributed by atoms with Gasteiger partial charge in [-0.2, -0.15) is 0 Å². The van der Waals surface area contributed by atoms with Crippen LogP contribution in [0.2, 0.25) is 0 Å². The Balaban J connectivity index is 1.87. The lowest BCUT2D eigenvalue weighted by molar-refractivity contribution is 0.618. The first kappa shape index (κ1) is 10.5. The summed E-state index contributed by atoms with van der Waals surface area (Å²) in [5.74, 6) is 1.22. The molecule has 2 nitrogen and oxygen atoms in total. The van der Waals surface area contributed by atoms with E-state index in [1.165, 1.54) is 35.5 Å². The molecule has 0 aromatic heterocycles. The van der Waals surface area contributed by atoms with Gasteiger partial charge in [-0.25, -0.2) is 0 Å². The van der Waals surface area contributed by atoms with E-state index < -0.39 is 0 Å². The van der Waals surface area contributed by atoms with Gasteiger partial charge in [-0.15, -0.1) is 11.8 Å². The largest absolute Gasteiger partial charge is 0.374 e. The average Bonchev–Trinajstić information content (AvgIpc) is 2.86. The summed E-state index contributed by atoms with van der Waals surface area (Å²) in [4.78, 5) is 2.34. The predicted molar refractivity (Wildman–Crippen MR) is 71.2 cm³/mol. The van der Waals surface area contributed by atoms with Gasteiger partial charge < -0.3 is 4.90 Å². The standard InChI is InChI=1S/C13H18N2S/c1-9-8-16-13(14-9)11-3-4-12-10(7-11)5-6-15(12)2/h3-4,7,9,13-14H,5-6,8H2,1-2H3. The lowest BCUT2D eigenvalue weighted by Gasteiger charge is -2.15. The quantitative estimate of drug-likeness (QED) is 0.803. The van der Waals surface area contributed by atoms with Crippen molar-refractivity contribution in [2.24, 2.45) is 0 Å². The highest BCUT2D eigenvalue weighted by molar-refractivity contribution is 7.99. The molecule has 3 heteroatoms. The predicted octanol–water partition coefficient (Wildman–Crippen LogP) is 2.40. The van der Waals surface area contributed by atoms with Gasteiger partial charge in [0.25, 0.3) is 0 Å². The zero-order valence-corrected chi connectivity index (χ0v) is 10.7. The second kappa shape index (κ2) is 3.97. The molecule has 0 saturated carbocycles. The number of thioether (sulfide) groups is 1. The van der Waals surface area contributed by atoms with E-state index in [0.717, 1.165) is 0 Å². The van der Waals surface area contributed by atoms with E-state index >= 15 is 0 Å². The molecule has 0 aliphatic carbocycles. The van der Waals surface area contributed by atoms with Gasteiger partial charge in [0.1, 0.15) is 0 Å². The molecule has 0 radical (unpaired) electrons. The van der Waals surface area contributed by atoms with Gasteiger partial charge in [0, 0.05) is 31.1 Å². The molecule has 1 fully saturated rings. The van der Waals surface area contributed by atoms with Crippen LogP contribution >= 0.6 is 11.8 Å². The number of rotatable bonds is 1. The Morgan fingerprint density at radius 3 is 3.06 bits per heavy atom. The van der Waals surface area contributed by atoms with Crippen molar-refractivity contribution in [3.05, 3.63) is 29.3 Å². The molecule has 16 heavy (non-hydrogen) atoms. The Bertz CT molecular complexity index is 405. The summed E-state index contributed by atoms with van der Waals surface area (Å²) in [7, 11) is 2.18. The maximum Gasteiger partial charge on any atom is 0.0792 e. The van der Waals surface area contributed by atoms with Crippen LogP contribution in [-0.2, 0) is 6.42 Å². The topological polar surface area (TPSA) is 15.3 Å². The molecule has 86 valence electrons. The molecule has 2 heterocycles.